The largest absolute Gasteiger partial charge is 0.469 e. The van der Waals surface area contributed by atoms with Gasteiger partial charge in [0, 0.05) is 19.4 Å². The fraction of sp³-hybridized carbons (Fsp3) is 0.692. The molecule has 0 heterocycles. The van der Waals surface area contributed by atoms with Crippen LogP contribution < -0.4 is 0 Å². The van der Waals surface area contributed by atoms with Gasteiger partial charge in [-0.2, -0.15) is 0 Å². The van der Waals surface area contributed by atoms with Gasteiger partial charge < -0.3 is 24.4 Å². The Morgan fingerprint density at radius 2 is 1.02 bits per heavy atom. The first-order valence-corrected chi connectivity index (χ1v) is 20.2. The van der Waals surface area contributed by atoms with E-state index in [1.807, 2.05) is 6.08 Å². The molecule has 0 aromatic heterocycles. The van der Waals surface area contributed by atoms with Gasteiger partial charge in [-0.15, -0.1) is 0 Å². The molecule has 0 amide bonds. The molecule has 0 unspecified atom stereocenters. The Hall–Kier alpha value is -2.29. The fourth-order valence-corrected chi connectivity index (χ4v) is 5.11. The molecule has 0 aromatic rings. The summed E-state index contributed by atoms with van der Waals surface area (Å²) in [6.45, 7) is 1.61. The molecule has 0 saturated heterocycles. The molecular formula is C39H67O9P. The van der Waals surface area contributed by atoms with E-state index in [2.05, 4.69) is 66.1 Å². The number of aliphatic hydroxyl groups is 1. The van der Waals surface area contributed by atoms with Crippen molar-refractivity contribution in [2.75, 3.05) is 19.8 Å². The van der Waals surface area contributed by atoms with Gasteiger partial charge in [0.05, 0.1) is 6.61 Å². The summed E-state index contributed by atoms with van der Waals surface area (Å²) in [5, 5.41) is 8.76. The SMILES string of the molecule is CCCCCC/C=C\CCCCCCCC(=O)O[C@H](COC(=O)CCC/C=C\C/C=C\C/C=C\C/C=C\CCCCCO)COP(=O)(O)O. The Bertz CT molecular complexity index is 981. The molecule has 0 spiro atoms. The van der Waals surface area contributed by atoms with Crippen LogP contribution >= 0.6 is 7.82 Å². The second-order valence-electron chi connectivity index (χ2n) is 12.3. The van der Waals surface area contributed by atoms with E-state index in [4.69, 9.17) is 24.4 Å². The molecule has 10 heteroatoms. The molecule has 0 bridgehead atoms. The minimum Gasteiger partial charge on any atom is -0.462 e. The van der Waals surface area contributed by atoms with Crippen LogP contribution in [0.2, 0.25) is 0 Å². The third-order valence-corrected chi connectivity index (χ3v) is 8.05. The number of allylic oxidation sites excluding steroid dienone is 10. The van der Waals surface area contributed by atoms with E-state index in [-0.39, 0.29) is 26.1 Å². The molecule has 0 aliphatic heterocycles. The summed E-state index contributed by atoms with van der Waals surface area (Å²) in [5.41, 5.74) is 0. The van der Waals surface area contributed by atoms with Gasteiger partial charge in [0.15, 0.2) is 6.10 Å². The van der Waals surface area contributed by atoms with Gasteiger partial charge in [0.2, 0.25) is 0 Å². The summed E-state index contributed by atoms with van der Waals surface area (Å²) in [5.74, 6) is -0.981. The van der Waals surface area contributed by atoms with Crippen molar-refractivity contribution in [2.24, 2.45) is 0 Å². The lowest BCUT2D eigenvalue weighted by molar-refractivity contribution is -0.161. The minimum absolute atomic E-state index is 0.177. The normalized spacial score (nSPS) is 13.1. The van der Waals surface area contributed by atoms with Gasteiger partial charge in [0.1, 0.15) is 6.61 Å². The van der Waals surface area contributed by atoms with Gasteiger partial charge in [-0.3, -0.25) is 14.1 Å². The number of hydrogen-bond donors (Lipinski definition) is 3. The number of carbonyl (C=O) groups is 2. The summed E-state index contributed by atoms with van der Waals surface area (Å²) < 4.78 is 26.2. The standard InChI is InChI=1S/C39H67O9P/c1-2-3-4-5-6-7-8-14-18-21-24-27-30-33-39(42)48-37(36-47-49(43,44)45)35-46-38(41)32-29-26-23-20-17-15-12-10-9-11-13-16-19-22-25-28-31-34-40/h7-9,11-12,15-16,19-20,23,37,40H,2-6,10,13-14,17-18,21-22,24-36H2,1H3,(H2,43,44,45)/b8-7-,11-9-,15-12-,19-16-,23-20-/t37-/m1/s1. The minimum atomic E-state index is -4.77. The summed E-state index contributed by atoms with van der Waals surface area (Å²) in [4.78, 5) is 42.6. The molecule has 0 rings (SSSR count). The highest BCUT2D eigenvalue weighted by Crippen LogP contribution is 2.35. The Balaban J connectivity index is 4.09. The highest BCUT2D eigenvalue weighted by atomic mass is 31.2. The lowest BCUT2D eigenvalue weighted by Crippen LogP contribution is -2.29. The van der Waals surface area contributed by atoms with E-state index in [1.54, 1.807) is 0 Å². The van der Waals surface area contributed by atoms with Crippen LogP contribution in [-0.2, 0) is 28.2 Å². The van der Waals surface area contributed by atoms with E-state index in [0.29, 0.717) is 19.3 Å². The Morgan fingerprint density at radius 1 is 0.571 bits per heavy atom. The number of hydrogen-bond acceptors (Lipinski definition) is 7. The molecule has 0 fully saturated rings. The Kier molecular flexibility index (Phi) is 33.9. The monoisotopic (exact) mass is 710 g/mol. The average molecular weight is 711 g/mol. The lowest BCUT2D eigenvalue weighted by Gasteiger charge is -2.18. The molecule has 0 aliphatic rings. The first-order valence-electron chi connectivity index (χ1n) is 18.7. The lowest BCUT2D eigenvalue weighted by atomic mass is 10.1. The van der Waals surface area contributed by atoms with Crippen molar-refractivity contribution in [1.29, 1.82) is 0 Å². The smallest absolute Gasteiger partial charge is 0.462 e. The van der Waals surface area contributed by atoms with Gasteiger partial charge in [0.25, 0.3) is 0 Å². The zero-order chi connectivity index (χ0) is 36.1. The number of esters is 2. The number of phosphoric ester groups is 1. The molecule has 0 radical (unpaired) electrons. The van der Waals surface area contributed by atoms with Crippen LogP contribution in [0.25, 0.3) is 0 Å². The maximum absolute atomic E-state index is 12.3. The highest BCUT2D eigenvalue weighted by molar-refractivity contribution is 7.46. The molecule has 0 aromatic carbocycles. The third kappa shape index (κ3) is 38.4. The predicted molar refractivity (Wildman–Crippen MR) is 199 cm³/mol. The number of ether oxygens (including phenoxy) is 2. The highest BCUT2D eigenvalue weighted by Gasteiger charge is 2.22. The number of carbonyl (C=O) groups excluding carboxylic acids is 2. The topological polar surface area (TPSA) is 140 Å². The first kappa shape index (κ1) is 46.7. The van der Waals surface area contributed by atoms with E-state index < -0.39 is 32.5 Å². The van der Waals surface area contributed by atoms with E-state index in [1.165, 1.54) is 25.7 Å². The number of aliphatic hydroxyl groups excluding tert-OH is 1. The molecule has 0 saturated carbocycles. The van der Waals surface area contributed by atoms with Crippen molar-refractivity contribution in [1.82, 2.24) is 0 Å². The molecular weight excluding hydrogens is 643 g/mol. The van der Waals surface area contributed by atoms with E-state index in [9.17, 15) is 14.2 Å². The van der Waals surface area contributed by atoms with Crippen molar-refractivity contribution >= 4 is 19.8 Å². The van der Waals surface area contributed by atoms with Gasteiger partial charge in [-0.1, -0.05) is 113 Å². The van der Waals surface area contributed by atoms with Crippen LogP contribution in [0, 0.1) is 0 Å². The van der Waals surface area contributed by atoms with Gasteiger partial charge in [-0.05, 0) is 83.5 Å². The van der Waals surface area contributed by atoms with Crippen molar-refractivity contribution in [2.45, 2.75) is 154 Å². The molecule has 282 valence electrons. The molecule has 1 atom stereocenters. The van der Waals surface area contributed by atoms with Crippen molar-refractivity contribution in [3.05, 3.63) is 60.8 Å². The van der Waals surface area contributed by atoms with Crippen LogP contribution in [0.15, 0.2) is 60.8 Å². The van der Waals surface area contributed by atoms with Crippen molar-refractivity contribution < 1.29 is 43.0 Å². The van der Waals surface area contributed by atoms with Crippen LogP contribution in [-0.4, -0.2) is 52.8 Å². The number of phosphoric acid groups is 1. The molecule has 9 nitrogen and oxygen atoms in total. The van der Waals surface area contributed by atoms with Gasteiger partial charge in [-0.25, -0.2) is 4.57 Å². The zero-order valence-electron chi connectivity index (χ0n) is 30.3. The maximum atomic E-state index is 12.3. The maximum Gasteiger partial charge on any atom is 0.469 e. The quantitative estimate of drug-likeness (QED) is 0.0258. The van der Waals surface area contributed by atoms with Crippen LogP contribution in [0.1, 0.15) is 148 Å². The van der Waals surface area contributed by atoms with Crippen molar-refractivity contribution in [3.63, 3.8) is 0 Å². The molecule has 3 N–H and O–H groups in total. The van der Waals surface area contributed by atoms with Crippen LogP contribution in [0.3, 0.4) is 0 Å². The second-order valence-corrected chi connectivity index (χ2v) is 13.5. The van der Waals surface area contributed by atoms with E-state index in [0.717, 1.165) is 83.5 Å². The van der Waals surface area contributed by atoms with Crippen LogP contribution in [0.5, 0.6) is 0 Å². The number of unbranched alkanes of at least 4 members (excludes halogenated alkanes) is 13. The summed E-state index contributed by atoms with van der Waals surface area (Å²) in [6.07, 6.45) is 41.0. The summed E-state index contributed by atoms with van der Waals surface area (Å²) in [6, 6.07) is 0. The number of rotatable bonds is 34. The van der Waals surface area contributed by atoms with E-state index >= 15 is 0 Å². The third-order valence-electron chi connectivity index (χ3n) is 7.56. The van der Waals surface area contributed by atoms with Gasteiger partial charge >= 0.3 is 19.8 Å². The summed E-state index contributed by atoms with van der Waals surface area (Å²) >= 11 is 0. The Labute approximate surface area is 297 Å². The molecule has 0 aliphatic carbocycles. The zero-order valence-corrected chi connectivity index (χ0v) is 31.2. The predicted octanol–water partition coefficient (Wildman–Crippen LogP) is 9.93. The first-order chi connectivity index (χ1) is 23.8. The Morgan fingerprint density at radius 3 is 1.57 bits per heavy atom. The average Bonchev–Trinajstić information content (AvgIpc) is 3.07. The second kappa shape index (κ2) is 35.5. The van der Waals surface area contributed by atoms with Crippen molar-refractivity contribution in [3.8, 4) is 0 Å². The molecule has 49 heavy (non-hydrogen) atoms. The summed E-state index contributed by atoms with van der Waals surface area (Å²) in [7, 11) is -4.77. The van der Waals surface area contributed by atoms with Crippen LogP contribution in [0.4, 0.5) is 0 Å². The fourth-order valence-electron chi connectivity index (χ4n) is 4.75.